The molecule has 8 nitrogen and oxygen atoms in total. The van der Waals surface area contributed by atoms with Crippen molar-refractivity contribution in [3.05, 3.63) is 35.4 Å². The number of sulfonamides is 1. The molecule has 0 amide bonds. The fourth-order valence-electron chi connectivity index (χ4n) is 7.41. The Labute approximate surface area is 259 Å². The summed E-state index contributed by atoms with van der Waals surface area (Å²) in [5, 5.41) is 10.9. The van der Waals surface area contributed by atoms with Crippen molar-refractivity contribution < 1.29 is 30.7 Å². The highest BCUT2D eigenvalue weighted by molar-refractivity contribution is 7.88. The number of piperidine rings is 1. The molecule has 250 valence electrons. The zero-order valence-electron chi connectivity index (χ0n) is 25.8. The summed E-state index contributed by atoms with van der Waals surface area (Å²) in [6.45, 7) is 2.66. The molecule has 3 heterocycles. The second-order valence-electron chi connectivity index (χ2n) is 13.2. The Morgan fingerprint density at radius 2 is 1.57 bits per heavy atom. The van der Waals surface area contributed by atoms with E-state index >= 15 is 4.39 Å². The van der Waals surface area contributed by atoms with Crippen molar-refractivity contribution in [1.82, 2.24) is 25.2 Å². The van der Waals surface area contributed by atoms with Gasteiger partial charge in [0.15, 0.2) is 6.17 Å². The quantitative estimate of drug-likeness (QED) is 0.385. The number of ether oxygens (including phenoxy) is 1. The SMILES string of the molecule is CS(=O)(=O)N1CCC(CNC2NC3(CCCCCCCCC3)NC(N3CCOC[C@@H]3c3ccc(C(F)(F)F)cc3)C2F)CC1. The van der Waals surface area contributed by atoms with Crippen molar-refractivity contribution in [2.75, 3.05) is 45.6 Å². The van der Waals surface area contributed by atoms with E-state index < -0.39 is 52.0 Å². The van der Waals surface area contributed by atoms with Gasteiger partial charge in [-0.05, 0) is 55.8 Å². The Morgan fingerprint density at radius 1 is 0.955 bits per heavy atom. The van der Waals surface area contributed by atoms with Gasteiger partial charge in [0.25, 0.3) is 0 Å². The van der Waals surface area contributed by atoms with Crippen LogP contribution in [-0.2, 0) is 20.9 Å². The number of morpholine rings is 1. The highest BCUT2D eigenvalue weighted by atomic mass is 32.2. The minimum atomic E-state index is -4.43. The molecular weight excluding hydrogens is 598 g/mol. The molecular formula is C31H49F4N5O3S. The first-order chi connectivity index (χ1) is 21.0. The third-order valence-electron chi connectivity index (χ3n) is 10.0. The third kappa shape index (κ3) is 8.51. The van der Waals surface area contributed by atoms with Crippen LogP contribution in [0.2, 0.25) is 0 Å². The van der Waals surface area contributed by atoms with E-state index in [1.54, 1.807) is 0 Å². The van der Waals surface area contributed by atoms with Crippen LogP contribution < -0.4 is 16.0 Å². The van der Waals surface area contributed by atoms with Crippen LogP contribution in [0.3, 0.4) is 0 Å². The van der Waals surface area contributed by atoms with Crippen LogP contribution >= 0.6 is 0 Å². The average Bonchev–Trinajstić information content (AvgIpc) is 3.00. The van der Waals surface area contributed by atoms with Crippen LogP contribution in [0.1, 0.15) is 87.8 Å². The molecule has 4 fully saturated rings. The van der Waals surface area contributed by atoms with E-state index in [1.165, 1.54) is 42.0 Å². The number of benzene rings is 1. The maximum Gasteiger partial charge on any atom is 0.416 e. The molecule has 1 aromatic carbocycles. The Morgan fingerprint density at radius 3 is 2.16 bits per heavy atom. The fourth-order valence-corrected chi connectivity index (χ4v) is 8.29. The Kier molecular flexibility index (Phi) is 11.3. The van der Waals surface area contributed by atoms with Crippen LogP contribution in [0.15, 0.2) is 24.3 Å². The number of nitrogens with zero attached hydrogens (tertiary/aromatic N) is 2. The Bertz CT molecular complexity index is 1150. The second-order valence-corrected chi connectivity index (χ2v) is 15.2. The van der Waals surface area contributed by atoms with E-state index in [4.69, 9.17) is 4.74 Å². The van der Waals surface area contributed by atoms with Crippen molar-refractivity contribution in [3.63, 3.8) is 0 Å². The molecule has 1 aromatic rings. The van der Waals surface area contributed by atoms with E-state index in [1.807, 2.05) is 0 Å². The average molecular weight is 648 g/mol. The molecule has 1 saturated carbocycles. The minimum absolute atomic E-state index is 0.235. The number of rotatable bonds is 6. The zero-order valence-corrected chi connectivity index (χ0v) is 26.6. The zero-order chi connectivity index (χ0) is 31.4. The molecule has 3 N–H and O–H groups in total. The molecule has 13 heteroatoms. The summed E-state index contributed by atoms with van der Waals surface area (Å²) in [4.78, 5) is 2.05. The standard InChI is InChI=1S/C31H49F4N5O3S/c1-44(41,42)39-17-13-23(14-18-39)21-36-28-27(32)29(38-30(37-28)15-7-5-3-2-4-6-8-16-30)40-19-20-43-22-26(40)24-9-11-25(12-10-24)31(33,34)35/h9-12,23,26-29,36-38H,2-8,13-22H2,1H3/t26-,27?,28?,29?/m1/s1. The van der Waals surface area contributed by atoms with Crippen LogP contribution in [0.25, 0.3) is 0 Å². The van der Waals surface area contributed by atoms with Crippen LogP contribution in [-0.4, -0.2) is 87.4 Å². The smallest absolute Gasteiger partial charge is 0.378 e. The van der Waals surface area contributed by atoms with Crippen LogP contribution in [0, 0.1) is 5.92 Å². The molecule has 0 bridgehead atoms. The summed E-state index contributed by atoms with van der Waals surface area (Å²) in [7, 11) is -3.22. The van der Waals surface area contributed by atoms with E-state index in [2.05, 4.69) is 20.9 Å². The van der Waals surface area contributed by atoms with Gasteiger partial charge in [-0.3, -0.25) is 20.9 Å². The first-order valence-electron chi connectivity index (χ1n) is 16.3. The van der Waals surface area contributed by atoms with E-state index in [-0.39, 0.29) is 12.5 Å². The molecule has 3 saturated heterocycles. The van der Waals surface area contributed by atoms with Crippen molar-refractivity contribution in [2.24, 2.45) is 5.92 Å². The molecule has 1 aliphatic carbocycles. The van der Waals surface area contributed by atoms with Gasteiger partial charge in [0, 0.05) is 19.6 Å². The maximum absolute atomic E-state index is 16.7. The molecule has 3 aliphatic heterocycles. The predicted molar refractivity (Wildman–Crippen MR) is 162 cm³/mol. The molecule has 1 spiro atoms. The minimum Gasteiger partial charge on any atom is -0.378 e. The van der Waals surface area contributed by atoms with Crippen molar-refractivity contribution in [3.8, 4) is 0 Å². The monoisotopic (exact) mass is 647 g/mol. The largest absolute Gasteiger partial charge is 0.416 e. The normalized spacial score (nSPS) is 30.8. The molecule has 4 aliphatic rings. The molecule has 5 rings (SSSR count). The van der Waals surface area contributed by atoms with Gasteiger partial charge >= 0.3 is 6.18 Å². The van der Waals surface area contributed by atoms with Crippen LogP contribution in [0.5, 0.6) is 0 Å². The topological polar surface area (TPSA) is 85.9 Å². The summed E-state index contributed by atoms with van der Waals surface area (Å²) < 4.78 is 87.8. The van der Waals surface area contributed by atoms with Crippen LogP contribution in [0.4, 0.5) is 17.6 Å². The molecule has 0 aromatic heterocycles. The summed E-state index contributed by atoms with van der Waals surface area (Å²) >= 11 is 0. The summed E-state index contributed by atoms with van der Waals surface area (Å²) in [5.74, 6) is 0.235. The van der Waals surface area contributed by atoms with Gasteiger partial charge in [-0.2, -0.15) is 13.2 Å². The van der Waals surface area contributed by atoms with E-state index in [0.29, 0.717) is 38.3 Å². The van der Waals surface area contributed by atoms with Gasteiger partial charge in [0.1, 0.15) is 0 Å². The Hall–Kier alpha value is -1.35. The lowest BCUT2D eigenvalue weighted by Crippen LogP contribution is -2.78. The first-order valence-corrected chi connectivity index (χ1v) is 18.2. The van der Waals surface area contributed by atoms with Crippen molar-refractivity contribution in [2.45, 2.75) is 107 Å². The van der Waals surface area contributed by atoms with Gasteiger partial charge < -0.3 is 4.74 Å². The fraction of sp³-hybridized carbons (Fsp3) is 0.806. The van der Waals surface area contributed by atoms with Gasteiger partial charge in [0.05, 0.1) is 49.1 Å². The third-order valence-corrected chi connectivity index (χ3v) is 11.3. The maximum atomic E-state index is 16.7. The van der Waals surface area contributed by atoms with Gasteiger partial charge in [-0.15, -0.1) is 0 Å². The molecule has 0 radical (unpaired) electrons. The number of halogens is 4. The number of hydrogen-bond donors (Lipinski definition) is 3. The number of nitrogens with one attached hydrogen (secondary N) is 3. The summed E-state index contributed by atoms with van der Waals surface area (Å²) in [6.07, 6.45) is 5.23. The summed E-state index contributed by atoms with van der Waals surface area (Å²) in [6, 6.07) is 4.76. The molecule has 4 atom stereocenters. The first kappa shape index (κ1) is 34.0. The van der Waals surface area contributed by atoms with Gasteiger partial charge in [-0.1, -0.05) is 57.1 Å². The van der Waals surface area contributed by atoms with E-state index in [9.17, 15) is 21.6 Å². The van der Waals surface area contributed by atoms with Gasteiger partial charge in [0.2, 0.25) is 10.0 Å². The highest BCUT2D eigenvalue weighted by Crippen LogP contribution is 2.36. The van der Waals surface area contributed by atoms with Gasteiger partial charge in [-0.25, -0.2) is 17.1 Å². The number of alkyl halides is 4. The highest BCUT2D eigenvalue weighted by Gasteiger charge is 2.49. The number of hydrogen-bond acceptors (Lipinski definition) is 7. The second kappa shape index (κ2) is 14.6. The van der Waals surface area contributed by atoms with Crippen molar-refractivity contribution in [1.29, 1.82) is 0 Å². The van der Waals surface area contributed by atoms with E-state index in [0.717, 1.165) is 63.5 Å². The lowest BCUT2D eigenvalue weighted by atomic mass is 9.88. The molecule has 44 heavy (non-hydrogen) atoms. The predicted octanol–water partition coefficient (Wildman–Crippen LogP) is 4.74. The molecule has 3 unspecified atom stereocenters. The summed E-state index contributed by atoms with van der Waals surface area (Å²) in [5.41, 5.74) is -0.516. The Balaban J connectivity index is 1.36. The lowest BCUT2D eigenvalue weighted by molar-refractivity contribution is -0.137. The lowest BCUT2D eigenvalue weighted by Gasteiger charge is -2.54. The van der Waals surface area contributed by atoms with Crippen molar-refractivity contribution >= 4 is 10.0 Å².